The molecular formula is C16H15N3OS. The number of para-hydroxylation sites is 1. The molecule has 0 spiro atoms. The highest BCUT2D eigenvalue weighted by Crippen LogP contribution is 2.25. The summed E-state index contributed by atoms with van der Waals surface area (Å²) in [6.07, 6.45) is 1.88. The molecule has 5 heteroatoms. The second-order valence-electron chi connectivity index (χ2n) is 4.81. The quantitative estimate of drug-likeness (QED) is 0.421. The molecule has 0 saturated heterocycles. The van der Waals surface area contributed by atoms with Crippen LogP contribution in [0.25, 0.3) is 10.9 Å². The fraction of sp³-hybridized carbons (Fsp3) is 0.188. The molecular weight excluding hydrogens is 282 g/mol. The number of hydrogen-bond donors (Lipinski definition) is 0. The number of thioether (sulfide) groups is 1. The molecule has 21 heavy (non-hydrogen) atoms. The zero-order valence-electron chi connectivity index (χ0n) is 11.9. The third-order valence-corrected chi connectivity index (χ3v) is 4.24. The Balaban J connectivity index is 1.85. The SMILES string of the molecule is Cc1nc(SCC(=O)c2cccn2C)c2ccccc2n1. The highest BCUT2D eigenvalue weighted by molar-refractivity contribution is 8.00. The number of rotatable bonds is 4. The number of benzene rings is 1. The third-order valence-electron chi connectivity index (χ3n) is 3.25. The summed E-state index contributed by atoms with van der Waals surface area (Å²) in [6, 6.07) is 11.6. The maximum absolute atomic E-state index is 12.2. The van der Waals surface area contributed by atoms with Crippen LogP contribution < -0.4 is 0 Å². The fourth-order valence-corrected chi connectivity index (χ4v) is 3.17. The summed E-state index contributed by atoms with van der Waals surface area (Å²) in [4.78, 5) is 21.1. The van der Waals surface area contributed by atoms with E-state index in [9.17, 15) is 4.79 Å². The van der Waals surface area contributed by atoms with Gasteiger partial charge in [0.15, 0.2) is 5.78 Å². The molecule has 3 rings (SSSR count). The predicted octanol–water partition coefficient (Wildman–Crippen LogP) is 3.25. The van der Waals surface area contributed by atoms with Gasteiger partial charge >= 0.3 is 0 Å². The van der Waals surface area contributed by atoms with Crippen molar-refractivity contribution in [3.05, 3.63) is 54.1 Å². The van der Waals surface area contributed by atoms with Gasteiger partial charge in [0.05, 0.1) is 17.0 Å². The lowest BCUT2D eigenvalue weighted by molar-refractivity contribution is 0.101. The van der Waals surface area contributed by atoms with Crippen LogP contribution in [0.1, 0.15) is 16.3 Å². The van der Waals surface area contributed by atoms with Gasteiger partial charge in [-0.3, -0.25) is 4.79 Å². The smallest absolute Gasteiger partial charge is 0.189 e. The van der Waals surface area contributed by atoms with Crippen LogP contribution in [0.2, 0.25) is 0 Å². The minimum Gasteiger partial charge on any atom is -0.348 e. The van der Waals surface area contributed by atoms with E-state index in [0.717, 1.165) is 27.4 Å². The lowest BCUT2D eigenvalue weighted by Gasteiger charge is -2.06. The monoisotopic (exact) mass is 297 g/mol. The molecule has 0 atom stereocenters. The second-order valence-corrected chi connectivity index (χ2v) is 5.77. The van der Waals surface area contributed by atoms with Gasteiger partial charge in [0, 0.05) is 18.6 Å². The summed E-state index contributed by atoms with van der Waals surface area (Å²) >= 11 is 1.47. The van der Waals surface area contributed by atoms with Gasteiger partial charge in [-0.2, -0.15) is 0 Å². The van der Waals surface area contributed by atoms with Crippen molar-refractivity contribution in [2.75, 3.05) is 5.75 Å². The van der Waals surface area contributed by atoms with Gasteiger partial charge in [-0.15, -0.1) is 0 Å². The maximum Gasteiger partial charge on any atom is 0.189 e. The Hall–Kier alpha value is -2.14. The number of fused-ring (bicyclic) bond motifs is 1. The lowest BCUT2D eigenvalue weighted by Crippen LogP contribution is -2.08. The number of carbonyl (C=O) groups is 1. The highest BCUT2D eigenvalue weighted by Gasteiger charge is 2.12. The fourth-order valence-electron chi connectivity index (χ4n) is 2.23. The second kappa shape index (κ2) is 5.69. The first-order chi connectivity index (χ1) is 10.1. The Kier molecular flexibility index (Phi) is 3.75. The maximum atomic E-state index is 12.2. The van der Waals surface area contributed by atoms with Crippen molar-refractivity contribution in [1.29, 1.82) is 0 Å². The largest absolute Gasteiger partial charge is 0.348 e. The van der Waals surface area contributed by atoms with Crippen LogP contribution in [0.4, 0.5) is 0 Å². The molecule has 1 aromatic carbocycles. The zero-order valence-corrected chi connectivity index (χ0v) is 12.7. The van der Waals surface area contributed by atoms with Crippen molar-refractivity contribution in [2.24, 2.45) is 7.05 Å². The number of hydrogen-bond acceptors (Lipinski definition) is 4. The number of aromatic nitrogens is 3. The minimum atomic E-state index is 0.104. The van der Waals surface area contributed by atoms with Crippen molar-refractivity contribution in [3.8, 4) is 0 Å². The summed E-state index contributed by atoms with van der Waals surface area (Å²) in [6.45, 7) is 1.87. The van der Waals surface area contributed by atoms with Crippen LogP contribution in [0.5, 0.6) is 0 Å². The minimum absolute atomic E-state index is 0.104. The molecule has 0 N–H and O–H groups in total. The van der Waals surface area contributed by atoms with Crippen molar-refractivity contribution >= 4 is 28.4 Å². The van der Waals surface area contributed by atoms with Crippen molar-refractivity contribution in [2.45, 2.75) is 11.9 Å². The normalized spacial score (nSPS) is 11.0. The van der Waals surface area contributed by atoms with Crippen LogP contribution in [0.3, 0.4) is 0 Å². The molecule has 0 saturated carbocycles. The van der Waals surface area contributed by atoms with Crippen LogP contribution in [-0.2, 0) is 7.05 Å². The molecule has 0 unspecified atom stereocenters. The van der Waals surface area contributed by atoms with E-state index in [1.54, 1.807) is 0 Å². The predicted molar refractivity (Wildman–Crippen MR) is 84.7 cm³/mol. The third kappa shape index (κ3) is 2.83. The van der Waals surface area contributed by atoms with Crippen molar-refractivity contribution < 1.29 is 4.79 Å². The van der Waals surface area contributed by atoms with E-state index in [4.69, 9.17) is 0 Å². The highest BCUT2D eigenvalue weighted by atomic mass is 32.2. The van der Waals surface area contributed by atoms with Crippen molar-refractivity contribution in [3.63, 3.8) is 0 Å². The number of aryl methyl sites for hydroxylation is 2. The Bertz CT molecular complexity index is 810. The number of ketones is 1. The lowest BCUT2D eigenvalue weighted by atomic mass is 10.2. The Labute approximate surface area is 127 Å². The molecule has 106 valence electrons. The number of nitrogens with zero attached hydrogens (tertiary/aromatic N) is 3. The zero-order chi connectivity index (χ0) is 14.8. The summed E-state index contributed by atoms with van der Waals surface area (Å²) in [7, 11) is 1.88. The summed E-state index contributed by atoms with van der Waals surface area (Å²) in [5.41, 5.74) is 1.64. The van der Waals surface area contributed by atoms with Gasteiger partial charge in [-0.25, -0.2) is 9.97 Å². The van der Waals surface area contributed by atoms with Gasteiger partial charge in [-0.05, 0) is 25.1 Å². The Morgan fingerprint density at radius 1 is 1.19 bits per heavy atom. The first-order valence-corrected chi connectivity index (χ1v) is 7.64. The van der Waals surface area contributed by atoms with E-state index in [0.29, 0.717) is 5.75 Å². The molecule has 2 aromatic heterocycles. The van der Waals surface area contributed by atoms with E-state index < -0.39 is 0 Å². The average molecular weight is 297 g/mol. The van der Waals surface area contributed by atoms with Gasteiger partial charge in [0.1, 0.15) is 10.9 Å². The summed E-state index contributed by atoms with van der Waals surface area (Å²) < 4.78 is 1.84. The van der Waals surface area contributed by atoms with Gasteiger partial charge in [0.2, 0.25) is 0 Å². The molecule has 2 heterocycles. The molecule has 3 aromatic rings. The molecule has 0 aliphatic carbocycles. The summed E-state index contributed by atoms with van der Waals surface area (Å²) in [5.74, 6) is 1.20. The molecule has 4 nitrogen and oxygen atoms in total. The van der Waals surface area contributed by atoms with E-state index in [-0.39, 0.29) is 5.78 Å². The molecule has 0 radical (unpaired) electrons. The average Bonchev–Trinajstić information content (AvgIpc) is 2.90. The van der Waals surface area contributed by atoms with Crippen LogP contribution in [0.15, 0.2) is 47.6 Å². The molecule has 0 bridgehead atoms. The van der Waals surface area contributed by atoms with Gasteiger partial charge in [0.25, 0.3) is 0 Å². The van der Waals surface area contributed by atoms with Crippen molar-refractivity contribution in [1.82, 2.24) is 14.5 Å². The molecule has 0 amide bonds. The topological polar surface area (TPSA) is 47.8 Å². The standard InChI is InChI=1S/C16H15N3OS/c1-11-17-13-7-4-3-6-12(13)16(18-11)21-10-15(20)14-8-5-9-19(14)2/h3-9H,10H2,1-2H3. The van der Waals surface area contributed by atoms with Crippen LogP contribution >= 0.6 is 11.8 Å². The van der Waals surface area contributed by atoms with Gasteiger partial charge < -0.3 is 4.57 Å². The van der Waals surface area contributed by atoms with Crippen LogP contribution in [0, 0.1) is 6.92 Å². The number of Topliss-reactive ketones (excluding diaryl/α,β-unsaturated/α-hetero) is 1. The van der Waals surface area contributed by atoms with Gasteiger partial charge in [-0.1, -0.05) is 30.0 Å². The molecule has 0 fully saturated rings. The first-order valence-electron chi connectivity index (χ1n) is 6.66. The van der Waals surface area contributed by atoms with E-state index in [2.05, 4.69) is 9.97 Å². The van der Waals surface area contributed by atoms with E-state index in [1.807, 2.05) is 61.1 Å². The first kappa shape index (κ1) is 13.8. The Morgan fingerprint density at radius 2 is 2.00 bits per heavy atom. The number of carbonyl (C=O) groups excluding carboxylic acids is 1. The molecule has 0 aliphatic heterocycles. The Morgan fingerprint density at radius 3 is 2.76 bits per heavy atom. The van der Waals surface area contributed by atoms with E-state index in [1.165, 1.54) is 11.8 Å². The van der Waals surface area contributed by atoms with Crippen LogP contribution in [-0.4, -0.2) is 26.1 Å². The van der Waals surface area contributed by atoms with E-state index >= 15 is 0 Å². The molecule has 0 aliphatic rings. The summed E-state index contributed by atoms with van der Waals surface area (Å²) in [5, 5.41) is 1.86.